The molecule has 0 amide bonds. The molecule has 3 aliphatic rings. The van der Waals surface area contributed by atoms with E-state index in [0.717, 1.165) is 43.2 Å². The Bertz CT molecular complexity index is 721. The molecule has 25 heavy (non-hydrogen) atoms. The standard InChI is InChI=1S/C21H28O4/c1-12(2)14-10-13-6-7-17-20(3,4)8-5-9-21(17)18(24-19(23)25-21)15(13)11-16(14)22/h10-12,17-18,22H,5-9H2,1-4H3/t17-,18-,21+/m0/s1. The third kappa shape index (κ3) is 2.37. The minimum Gasteiger partial charge on any atom is -0.508 e. The van der Waals surface area contributed by atoms with Crippen LogP contribution in [0.15, 0.2) is 12.1 Å². The van der Waals surface area contributed by atoms with Crippen LogP contribution in [0.25, 0.3) is 0 Å². The average Bonchev–Trinajstić information content (AvgIpc) is 2.76. The predicted octanol–water partition coefficient (Wildman–Crippen LogP) is 5.23. The molecule has 0 unspecified atom stereocenters. The zero-order valence-electron chi connectivity index (χ0n) is 15.6. The molecule has 1 heterocycles. The fourth-order valence-electron chi connectivity index (χ4n) is 5.55. The quantitative estimate of drug-likeness (QED) is 0.708. The Kier molecular flexibility index (Phi) is 3.61. The molecular formula is C21H28O4. The molecule has 1 aromatic rings. The van der Waals surface area contributed by atoms with Crippen molar-refractivity contribution in [1.29, 1.82) is 0 Å². The normalized spacial score (nSPS) is 32.9. The van der Waals surface area contributed by atoms with Gasteiger partial charge in [-0.2, -0.15) is 0 Å². The summed E-state index contributed by atoms with van der Waals surface area (Å²) in [5.74, 6) is 0.811. The van der Waals surface area contributed by atoms with E-state index in [1.54, 1.807) is 0 Å². The van der Waals surface area contributed by atoms with Gasteiger partial charge in [-0.3, -0.25) is 0 Å². The molecule has 1 saturated heterocycles. The highest BCUT2D eigenvalue weighted by molar-refractivity contribution is 5.65. The molecule has 1 N–H and O–H groups in total. The SMILES string of the molecule is CC(C)c1cc2c(cc1O)[C@@H]1OC(=O)O[C@@]13CCCC(C)(C)[C@@H]3CC2. The van der Waals surface area contributed by atoms with E-state index in [2.05, 4.69) is 33.8 Å². The van der Waals surface area contributed by atoms with Crippen molar-refractivity contribution in [2.45, 2.75) is 77.4 Å². The molecule has 0 radical (unpaired) electrons. The van der Waals surface area contributed by atoms with Crippen LogP contribution in [0, 0.1) is 11.3 Å². The summed E-state index contributed by atoms with van der Waals surface area (Å²) in [6.07, 6.45) is 3.95. The molecule has 4 nitrogen and oxygen atoms in total. The molecular weight excluding hydrogens is 316 g/mol. The zero-order valence-corrected chi connectivity index (χ0v) is 15.6. The molecule has 1 spiro atoms. The fraction of sp³-hybridized carbons (Fsp3) is 0.667. The number of benzene rings is 1. The molecule has 136 valence electrons. The van der Waals surface area contributed by atoms with E-state index in [1.807, 2.05) is 6.07 Å². The summed E-state index contributed by atoms with van der Waals surface area (Å²) in [4.78, 5) is 12.1. The van der Waals surface area contributed by atoms with Crippen molar-refractivity contribution in [1.82, 2.24) is 0 Å². The van der Waals surface area contributed by atoms with Gasteiger partial charge >= 0.3 is 6.16 Å². The molecule has 2 aliphatic carbocycles. The van der Waals surface area contributed by atoms with Gasteiger partial charge in [0.2, 0.25) is 0 Å². The molecule has 3 atom stereocenters. The van der Waals surface area contributed by atoms with E-state index in [1.165, 1.54) is 5.56 Å². The van der Waals surface area contributed by atoms with Crippen molar-refractivity contribution >= 4 is 6.16 Å². The third-order valence-electron chi connectivity index (χ3n) is 6.75. The van der Waals surface area contributed by atoms with E-state index in [0.29, 0.717) is 5.75 Å². The maximum absolute atomic E-state index is 12.1. The van der Waals surface area contributed by atoms with Crippen molar-refractivity contribution in [3.63, 3.8) is 0 Å². The number of rotatable bonds is 1. The van der Waals surface area contributed by atoms with Crippen LogP contribution in [0.1, 0.15) is 82.1 Å². The number of fused-ring (bicyclic) bond motifs is 2. The first-order valence-corrected chi connectivity index (χ1v) is 9.50. The van der Waals surface area contributed by atoms with Crippen molar-refractivity contribution in [3.05, 3.63) is 28.8 Å². The summed E-state index contributed by atoms with van der Waals surface area (Å²) in [7, 11) is 0. The van der Waals surface area contributed by atoms with Gasteiger partial charge in [0.1, 0.15) is 5.75 Å². The number of phenolic OH excluding ortho intramolecular Hbond substituents is 1. The Morgan fingerprint density at radius 3 is 2.72 bits per heavy atom. The van der Waals surface area contributed by atoms with Crippen LogP contribution >= 0.6 is 0 Å². The van der Waals surface area contributed by atoms with Gasteiger partial charge < -0.3 is 14.6 Å². The summed E-state index contributed by atoms with van der Waals surface area (Å²) in [5.41, 5.74) is 2.61. The van der Waals surface area contributed by atoms with Crippen molar-refractivity contribution in [3.8, 4) is 5.75 Å². The second-order valence-electron chi connectivity index (χ2n) is 9.00. The lowest BCUT2D eigenvalue weighted by Gasteiger charge is -2.49. The van der Waals surface area contributed by atoms with Gasteiger partial charge in [-0.05, 0) is 60.6 Å². The van der Waals surface area contributed by atoms with Crippen LogP contribution in [-0.4, -0.2) is 16.9 Å². The van der Waals surface area contributed by atoms with E-state index < -0.39 is 17.9 Å². The third-order valence-corrected chi connectivity index (χ3v) is 6.75. The molecule has 1 aromatic carbocycles. The Labute approximate surface area is 149 Å². The smallest absolute Gasteiger partial charge is 0.508 e. The Morgan fingerprint density at radius 1 is 1.24 bits per heavy atom. The topological polar surface area (TPSA) is 55.8 Å². The predicted molar refractivity (Wildman–Crippen MR) is 94.7 cm³/mol. The van der Waals surface area contributed by atoms with Crippen LogP contribution < -0.4 is 0 Å². The second-order valence-corrected chi connectivity index (χ2v) is 9.00. The van der Waals surface area contributed by atoms with Crippen molar-refractivity contribution in [2.24, 2.45) is 11.3 Å². The summed E-state index contributed by atoms with van der Waals surface area (Å²) < 4.78 is 11.6. The van der Waals surface area contributed by atoms with Crippen molar-refractivity contribution in [2.75, 3.05) is 0 Å². The van der Waals surface area contributed by atoms with Crippen molar-refractivity contribution < 1.29 is 19.4 Å². The maximum atomic E-state index is 12.1. The molecule has 0 aromatic heterocycles. The van der Waals surface area contributed by atoms with Gasteiger partial charge in [0.05, 0.1) is 0 Å². The number of phenols is 1. The average molecular weight is 344 g/mol. The highest BCUT2D eigenvalue weighted by atomic mass is 16.8. The number of carbonyl (C=O) groups excluding carboxylic acids is 1. The molecule has 0 bridgehead atoms. The van der Waals surface area contributed by atoms with Gasteiger partial charge in [0, 0.05) is 11.5 Å². The first-order valence-electron chi connectivity index (χ1n) is 9.50. The Hall–Kier alpha value is -1.71. The van der Waals surface area contributed by atoms with Gasteiger partial charge in [0.25, 0.3) is 0 Å². The van der Waals surface area contributed by atoms with E-state index >= 15 is 0 Å². The second kappa shape index (κ2) is 5.39. The van der Waals surface area contributed by atoms with Crippen LogP contribution in [0.3, 0.4) is 0 Å². The largest absolute Gasteiger partial charge is 0.509 e. The van der Waals surface area contributed by atoms with Crippen LogP contribution in [0.4, 0.5) is 4.79 Å². The van der Waals surface area contributed by atoms with Gasteiger partial charge in [0.15, 0.2) is 11.7 Å². The Morgan fingerprint density at radius 2 is 2.00 bits per heavy atom. The van der Waals surface area contributed by atoms with Gasteiger partial charge in [-0.15, -0.1) is 0 Å². The number of aryl methyl sites for hydroxylation is 1. The first kappa shape index (κ1) is 16.7. The number of ether oxygens (including phenoxy) is 2. The summed E-state index contributed by atoms with van der Waals surface area (Å²) in [6, 6.07) is 3.93. The molecule has 1 aliphatic heterocycles. The van der Waals surface area contributed by atoms with Crippen LogP contribution in [0.2, 0.25) is 0 Å². The minimum atomic E-state index is -0.587. The fourth-order valence-corrected chi connectivity index (χ4v) is 5.55. The zero-order chi connectivity index (χ0) is 18.0. The van der Waals surface area contributed by atoms with Gasteiger partial charge in [-0.1, -0.05) is 33.8 Å². The summed E-state index contributed by atoms with van der Waals surface area (Å²) in [5, 5.41) is 10.5. The number of hydrogen-bond donors (Lipinski definition) is 1. The Balaban J connectivity index is 1.88. The first-order chi connectivity index (χ1) is 11.7. The lowest BCUT2D eigenvalue weighted by Crippen LogP contribution is -2.51. The van der Waals surface area contributed by atoms with Gasteiger partial charge in [-0.25, -0.2) is 4.79 Å². The van der Waals surface area contributed by atoms with E-state index in [-0.39, 0.29) is 17.3 Å². The monoisotopic (exact) mass is 344 g/mol. The van der Waals surface area contributed by atoms with E-state index in [4.69, 9.17) is 9.47 Å². The highest BCUT2D eigenvalue weighted by Gasteiger charge is 2.63. The maximum Gasteiger partial charge on any atom is 0.509 e. The molecule has 4 heteroatoms. The number of hydrogen-bond acceptors (Lipinski definition) is 4. The molecule has 4 rings (SSSR count). The number of carbonyl (C=O) groups is 1. The number of aromatic hydroxyl groups is 1. The minimum absolute atomic E-state index is 0.107. The van der Waals surface area contributed by atoms with Crippen LogP contribution in [0.5, 0.6) is 5.75 Å². The highest BCUT2D eigenvalue weighted by Crippen LogP contribution is 2.60. The van der Waals surface area contributed by atoms with E-state index in [9.17, 15) is 9.90 Å². The lowest BCUT2D eigenvalue weighted by atomic mass is 9.58. The molecule has 2 fully saturated rings. The lowest BCUT2D eigenvalue weighted by molar-refractivity contribution is -0.106. The molecule has 1 saturated carbocycles. The summed E-state index contributed by atoms with van der Waals surface area (Å²) >= 11 is 0. The summed E-state index contributed by atoms with van der Waals surface area (Å²) in [6.45, 7) is 8.74. The van der Waals surface area contributed by atoms with Crippen LogP contribution in [-0.2, 0) is 15.9 Å².